The fourth-order valence-electron chi connectivity index (χ4n) is 1.39. The summed E-state index contributed by atoms with van der Waals surface area (Å²) in [5.41, 5.74) is -0.0167. The number of allylic oxidation sites excluding steroid dienone is 1. The summed E-state index contributed by atoms with van der Waals surface area (Å²) in [5, 5.41) is 0. The Bertz CT molecular complexity index is 326. The second kappa shape index (κ2) is 3.79. The van der Waals surface area contributed by atoms with Gasteiger partial charge in [-0.05, 0) is 41.5 Å². The minimum atomic E-state index is -0.445. The number of hydrogen-bond donors (Lipinski definition) is 0. The standard InChI is InChI=1S/C13H22O3/c1-8-9(10(8)15-12(2,3)4)11(14)16-13(5,6)7/h8H,1-7H3. The second-order valence-corrected chi connectivity index (χ2v) is 6.22. The molecule has 3 nitrogen and oxygen atoms in total. The summed E-state index contributed by atoms with van der Waals surface area (Å²) in [4.78, 5) is 11.8. The van der Waals surface area contributed by atoms with Crippen LogP contribution in [0.3, 0.4) is 0 Å². The summed E-state index contributed by atoms with van der Waals surface area (Å²) in [6.45, 7) is 13.5. The van der Waals surface area contributed by atoms with E-state index in [0.717, 1.165) is 5.76 Å². The minimum absolute atomic E-state index is 0.106. The van der Waals surface area contributed by atoms with Crippen molar-refractivity contribution in [3.05, 3.63) is 11.3 Å². The molecular formula is C13H22O3. The summed E-state index contributed by atoms with van der Waals surface area (Å²) >= 11 is 0. The molecule has 1 aliphatic carbocycles. The predicted molar refractivity (Wildman–Crippen MR) is 62.9 cm³/mol. The highest BCUT2D eigenvalue weighted by atomic mass is 16.6. The van der Waals surface area contributed by atoms with Gasteiger partial charge in [0.05, 0.1) is 5.57 Å². The molecule has 16 heavy (non-hydrogen) atoms. The number of ether oxygens (including phenoxy) is 2. The lowest BCUT2D eigenvalue weighted by Crippen LogP contribution is -2.23. The first kappa shape index (κ1) is 13.1. The molecule has 1 rings (SSSR count). The highest BCUT2D eigenvalue weighted by Gasteiger charge is 2.44. The van der Waals surface area contributed by atoms with E-state index in [2.05, 4.69) is 0 Å². The summed E-state index contributed by atoms with van der Waals surface area (Å²) in [6.07, 6.45) is 0. The zero-order valence-corrected chi connectivity index (χ0v) is 11.3. The summed E-state index contributed by atoms with van der Waals surface area (Å²) < 4.78 is 11.0. The third-order valence-electron chi connectivity index (χ3n) is 2.04. The van der Waals surface area contributed by atoms with Gasteiger partial charge >= 0.3 is 5.97 Å². The van der Waals surface area contributed by atoms with Gasteiger partial charge in [0.15, 0.2) is 0 Å². The van der Waals surface area contributed by atoms with Crippen LogP contribution in [0.4, 0.5) is 0 Å². The number of hydrogen-bond acceptors (Lipinski definition) is 3. The van der Waals surface area contributed by atoms with Crippen molar-refractivity contribution < 1.29 is 14.3 Å². The van der Waals surface area contributed by atoms with Gasteiger partial charge in [-0.25, -0.2) is 4.79 Å². The van der Waals surface area contributed by atoms with Crippen LogP contribution in [0.25, 0.3) is 0 Å². The first-order valence-electron chi connectivity index (χ1n) is 5.68. The molecular weight excluding hydrogens is 204 g/mol. The number of rotatable bonds is 2. The predicted octanol–water partition coefficient (Wildman–Crippen LogP) is 3.05. The summed E-state index contributed by atoms with van der Waals surface area (Å²) in [6, 6.07) is 0. The van der Waals surface area contributed by atoms with Crippen molar-refractivity contribution in [2.45, 2.75) is 59.7 Å². The Morgan fingerprint density at radius 1 is 1.06 bits per heavy atom. The van der Waals surface area contributed by atoms with Crippen LogP contribution >= 0.6 is 0 Å². The third kappa shape index (κ3) is 3.54. The Balaban J connectivity index is 2.65. The SMILES string of the molecule is CC1C(OC(C)(C)C)=C1C(=O)OC(C)(C)C. The Morgan fingerprint density at radius 3 is 1.94 bits per heavy atom. The topological polar surface area (TPSA) is 35.5 Å². The van der Waals surface area contributed by atoms with Crippen LogP contribution in [0.1, 0.15) is 48.5 Å². The molecule has 0 fully saturated rings. The Labute approximate surface area is 97.8 Å². The molecule has 0 heterocycles. The van der Waals surface area contributed by atoms with Gasteiger partial charge in [0.25, 0.3) is 0 Å². The van der Waals surface area contributed by atoms with Gasteiger partial charge in [-0.3, -0.25) is 0 Å². The van der Waals surface area contributed by atoms with Crippen molar-refractivity contribution in [3.63, 3.8) is 0 Å². The highest BCUT2D eigenvalue weighted by Crippen LogP contribution is 2.43. The van der Waals surface area contributed by atoms with Crippen molar-refractivity contribution in [2.75, 3.05) is 0 Å². The lowest BCUT2D eigenvalue weighted by Gasteiger charge is -2.19. The molecule has 0 saturated carbocycles. The Morgan fingerprint density at radius 2 is 1.56 bits per heavy atom. The molecule has 1 aliphatic rings. The smallest absolute Gasteiger partial charge is 0.338 e. The molecule has 0 saturated heterocycles. The zero-order valence-electron chi connectivity index (χ0n) is 11.3. The number of esters is 1. The van der Waals surface area contributed by atoms with Crippen molar-refractivity contribution >= 4 is 5.97 Å². The second-order valence-electron chi connectivity index (χ2n) is 6.22. The maximum Gasteiger partial charge on any atom is 0.338 e. The monoisotopic (exact) mass is 226 g/mol. The Hall–Kier alpha value is -0.990. The van der Waals surface area contributed by atoms with Gasteiger partial charge in [0.1, 0.15) is 17.0 Å². The minimum Gasteiger partial charge on any atom is -0.491 e. The van der Waals surface area contributed by atoms with Crippen LogP contribution < -0.4 is 0 Å². The van der Waals surface area contributed by atoms with E-state index in [4.69, 9.17) is 9.47 Å². The highest BCUT2D eigenvalue weighted by molar-refractivity contribution is 5.95. The van der Waals surface area contributed by atoms with Crippen molar-refractivity contribution in [1.29, 1.82) is 0 Å². The van der Waals surface area contributed by atoms with Gasteiger partial charge in [0, 0.05) is 5.92 Å². The lowest BCUT2D eigenvalue weighted by molar-refractivity contribution is -0.149. The zero-order chi connectivity index (χ0) is 12.7. The van der Waals surface area contributed by atoms with Crippen LogP contribution in [0, 0.1) is 5.92 Å². The fourth-order valence-corrected chi connectivity index (χ4v) is 1.39. The van der Waals surface area contributed by atoms with E-state index in [1.807, 2.05) is 48.5 Å². The maximum atomic E-state index is 11.8. The van der Waals surface area contributed by atoms with Crippen molar-refractivity contribution in [1.82, 2.24) is 0 Å². The van der Waals surface area contributed by atoms with E-state index in [9.17, 15) is 4.79 Å². The van der Waals surface area contributed by atoms with Crippen molar-refractivity contribution in [2.24, 2.45) is 5.92 Å². The summed E-state index contributed by atoms with van der Waals surface area (Å²) in [5.74, 6) is 0.634. The van der Waals surface area contributed by atoms with E-state index in [0.29, 0.717) is 5.57 Å². The van der Waals surface area contributed by atoms with Crippen LogP contribution in [0.15, 0.2) is 11.3 Å². The number of carbonyl (C=O) groups excluding carboxylic acids is 1. The lowest BCUT2D eigenvalue weighted by atomic mass is 10.2. The quantitative estimate of drug-likeness (QED) is 0.679. The first-order valence-corrected chi connectivity index (χ1v) is 5.68. The van der Waals surface area contributed by atoms with E-state index < -0.39 is 5.60 Å². The number of carbonyl (C=O) groups is 1. The van der Waals surface area contributed by atoms with Crippen molar-refractivity contribution in [3.8, 4) is 0 Å². The molecule has 0 N–H and O–H groups in total. The molecule has 0 aromatic rings. The molecule has 0 bridgehead atoms. The first-order chi connectivity index (χ1) is 7.01. The van der Waals surface area contributed by atoms with Crippen LogP contribution in [-0.4, -0.2) is 17.2 Å². The molecule has 92 valence electrons. The summed E-state index contributed by atoms with van der Waals surface area (Å²) in [7, 11) is 0. The van der Waals surface area contributed by atoms with Gasteiger partial charge in [-0.15, -0.1) is 0 Å². The molecule has 0 amide bonds. The molecule has 0 aromatic heterocycles. The molecule has 0 radical (unpaired) electrons. The fraction of sp³-hybridized carbons (Fsp3) is 0.769. The van der Waals surface area contributed by atoms with E-state index in [1.54, 1.807) is 0 Å². The van der Waals surface area contributed by atoms with Gasteiger partial charge in [0.2, 0.25) is 0 Å². The molecule has 0 aromatic carbocycles. The molecule has 3 heteroatoms. The molecule has 1 unspecified atom stereocenters. The molecule has 0 aliphatic heterocycles. The van der Waals surface area contributed by atoms with E-state index in [-0.39, 0.29) is 17.5 Å². The van der Waals surface area contributed by atoms with E-state index >= 15 is 0 Å². The molecule has 1 atom stereocenters. The normalized spacial score (nSPS) is 20.8. The average molecular weight is 226 g/mol. The van der Waals surface area contributed by atoms with Gasteiger partial charge in [-0.1, -0.05) is 6.92 Å². The third-order valence-corrected chi connectivity index (χ3v) is 2.04. The maximum absolute atomic E-state index is 11.8. The largest absolute Gasteiger partial charge is 0.491 e. The van der Waals surface area contributed by atoms with E-state index in [1.165, 1.54) is 0 Å². The van der Waals surface area contributed by atoms with Gasteiger partial charge in [-0.2, -0.15) is 0 Å². The average Bonchev–Trinajstić information content (AvgIpc) is 2.53. The molecule has 0 spiro atoms. The van der Waals surface area contributed by atoms with Crippen LogP contribution in [0.2, 0.25) is 0 Å². The van der Waals surface area contributed by atoms with Crippen LogP contribution in [0.5, 0.6) is 0 Å². The van der Waals surface area contributed by atoms with Gasteiger partial charge < -0.3 is 9.47 Å². The Kier molecular flexibility index (Phi) is 3.10. The van der Waals surface area contributed by atoms with Crippen LogP contribution in [-0.2, 0) is 14.3 Å².